The molecule has 5 rings (SSSR count). The molecule has 0 spiro atoms. The molecule has 1 aromatic heterocycles. The number of hydrogen-bond donors (Lipinski definition) is 3. The molecular formula is C27H39N5. The van der Waals surface area contributed by atoms with E-state index < -0.39 is 0 Å². The van der Waals surface area contributed by atoms with Crippen molar-refractivity contribution in [3.8, 4) is 0 Å². The summed E-state index contributed by atoms with van der Waals surface area (Å²) in [6.45, 7) is 2.08. The fraction of sp³-hybridized carbons (Fsp3) is 0.593. The first-order valence-corrected chi connectivity index (χ1v) is 12.7. The Morgan fingerprint density at radius 1 is 1.09 bits per heavy atom. The zero-order chi connectivity index (χ0) is 21.9. The molecule has 1 saturated carbocycles. The third kappa shape index (κ3) is 4.85. The van der Waals surface area contributed by atoms with Crippen molar-refractivity contribution in [2.45, 2.75) is 88.5 Å². The van der Waals surface area contributed by atoms with Crippen molar-refractivity contribution in [2.75, 3.05) is 18.9 Å². The Labute approximate surface area is 193 Å². The summed E-state index contributed by atoms with van der Waals surface area (Å²) in [7, 11) is 2.28. The molecule has 0 saturated heterocycles. The summed E-state index contributed by atoms with van der Waals surface area (Å²) in [5.41, 5.74) is 13.2. The van der Waals surface area contributed by atoms with E-state index in [2.05, 4.69) is 52.9 Å². The summed E-state index contributed by atoms with van der Waals surface area (Å²) < 4.78 is 0. The van der Waals surface area contributed by atoms with E-state index >= 15 is 0 Å². The van der Waals surface area contributed by atoms with Gasteiger partial charge in [-0.3, -0.25) is 9.88 Å². The van der Waals surface area contributed by atoms with Crippen molar-refractivity contribution in [1.82, 2.24) is 15.2 Å². The van der Waals surface area contributed by atoms with Crippen molar-refractivity contribution in [1.29, 1.82) is 0 Å². The number of rotatable bonds is 6. The third-order valence-electron chi connectivity index (χ3n) is 7.96. The molecule has 5 heteroatoms. The lowest BCUT2D eigenvalue weighted by Gasteiger charge is -2.35. The number of nitrogens with two attached hydrogens (primary N) is 1. The molecular weight excluding hydrogens is 394 g/mol. The number of aryl methyl sites for hydroxylation is 1. The summed E-state index contributed by atoms with van der Waals surface area (Å²) in [6.07, 6.45) is 12.6. The number of anilines is 1. The highest BCUT2D eigenvalue weighted by atomic mass is 15.1. The quantitative estimate of drug-likeness (QED) is 0.638. The first-order chi connectivity index (χ1) is 15.7. The van der Waals surface area contributed by atoms with Crippen LogP contribution in [0.3, 0.4) is 0 Å². The number of pyridine rings is 1. The highest BCUT2D eigenvalue weighted by molar-refractivity contribution is 5.56. The molecule has 1 aromatic carbocycles. The van der Waals surface area contributed by atoms with Gasteiger partial charge in [-0.15, -0.1) is 0 Å². The second-order valence-electron chi connectivity index (χ2n) is 10.2. The average Bonchev–Trinajstić information content (AvgIpc) is 2.84. The van der Waals surface area contributed by atoms with E-state index in [1.54, 1.807) is 0 Å². The number of fused-ring (bicyclic) bond motifs is 2. The lowest BCUT2D eigenvalue weighted by molar-refractivity contribution is 0.204. The third-order valence-corrected chi connectivity index (χ3v) is 7.96. The molecule has 0 radical (unpaired) electrons. The van der Waals surface area contributed by atoms with E-state index in [0.29, 0.717) is 24.2 Å². The minimum atomic E-state index is 0.398. The first-order valence-electron chi connectivity index (χ1n) is 12.7. The van der Waals surface area contributed by atoms with Gasteiger partial charge in [0, 0.05) is 36.6 Å². The molecule has 0 bridgehead atoms. The second kappa shape index (κ2) is 9.90. The predicted octanol–water partition coefficient (Wildman–Crippen LogP) is 4.18. The average molecular weight is 434 g/mol. The van der Waals surface area contributed by atoms with Gasteiger partial charge in [-0.2, -0.15) is 0 Å². The molecule has 172 valence electrons. The largest absolute Gasteiger partial charge is 0.382 e. The Balaban J connectivity index is 1.20. The van der Waals surface area contributed by atoms with Crippen LogP contribution < -0.4 is 16.4 Å². The highest BCUT2D eigenvalue weighted by Crippen LogP contribution is 2.33. The van der Waals surface area contributed by atoms with Crippen LogP contribution in [0.4, 0.5) is 5.69 Å². The van der Waals surface area contributed by atoms with Gasteiger partial charge in [0.25, 0.3) is 0 Å². The van der Waals surface area contributed by atoms with E-state index in [-0.39, 0.29) is 0 Å². The molecule has 2 atom stereocenters. The fourth-order valence-electron chi connectivity index (χ4n) is 5.97. The Hall–Kier alpha value is -1.95. The molecule has 4 N–H and O–H groups in total. The molecule has 2 aliphatic carbocycles. The lowest BCUT2D eigenvalue weighted by Crippen LogP contribution is -2.40. The van der Waals surface area contributed by atoms with Gasteiger partial charge in [0.1, 0.15) is 0 Å². The summed E-state index contributed by atoms with van der Waals surface area (Å²) in [5.74, 6) is 0. The molecule has 2 heterocycles. The minimum absolute atomic E-state index is 0.398. The summed E-state index contributed by atoms with van der Waals surface area (Å²) >= 11 is 0. The summed E-state index contributed by atoms with van der Waals surface area (Å²) in [4.78, 5) is 7.28. The van der Waals surface area contributed by atoms with Crippen LogP contribution in [0.1, 0.15) is 73.4 Å². The normalized spacial score (nSPS) is 27.6. The minimum Gasteiger partial charge on any atom is -0.382 e. The Bertz CT molecular complexity index is 905. The number of aromatic nitrogens is 1. The van der Waals surface area contributed by atoms with Crippen LogP contribution in [-0.2, 0) is 19.4 Å². The smallest absolute Gasteiger partial charge is 0.0607 e. The van der Waals surface area contributed by atoms with Crippen LogP contribution in [0.2, 0.25) is 0 Å². The van der Waals surface area contributed by atoms with Gasteiger partial charge in [0.15, 0.2) is 0 Å². The van der Waals surface area contributed by atoms with Gasteiger partial charge in [-0.25, -0.2) is 0 Å². The van der Waals surface area contributed by atoms with E-state index in [1.165, 1.54) is 66.6 Å². The molecule has 1 fully saturated rings. The molecule has 0 unspecified atom stereocenters. The topological polar surface area (TPSA) is 66.2 Å². The van der Waals surface area contributed by atoms with E-state index in [9.17, 15) is 0 Å². The van der Waals surface area contributed by atoms with Gasteiger partial charge >= 0.3 is 0 Å². The highest BCUT2D eigenvalue weighted by Gasteiger charge is 2.27. The molecule has 0 amide bonds. The van der Waals surface area contributed by atoms with Crippen LogP contribution >= 0.6 is 0 Å². The van der Waals surface area contributed by atoms with Crippen molar-refractivity contribution in [3.05, 3.63) is 58.9 Å². The number of benzene rings is 1. The van der Waals surface area contributed by atoms with E-state index in [4.69, 9.17) is 10.7 Å². The number of hydrogen-bond acceptors (Lipinski definition) is 5. The van der Waals surface area contributed by atoms with Crippen LogP contribution in [0.15, 0.2) is 36.5 Å². The summed E-state index contributed by atoms with van der Waals surface area (Å²) in [5, 5.41) is 7.68. The molecule has 5 nitrogen and oxygen atoms in total. The number of nitrogens with one attached hydrogen (secondary N) is 2. The maximum atomic E-state index is 6.11. The van der Waals surface area contributed by atoms with Crippen LogP contribution in [-0.4, -0.2) is 41.6 Å². The van der Waals surface area contributed by atoms with Gasteiger partial charge in [0.05, 0.1) is 11.7 Å². The van der Waals surface area contributed by atoms with Crippen molar-refractivity contribution < 1.29 is 0 Å². The lowest BCUT2D eigenvalue weighted by atomic mass is 9.89. The molecule has 2 aromatic rings. The zero-order valence-corrected chi connectivity index (χ0v) is 19.5. The van der Waals surface area contributed by atoms with Gasteiger partial charge in [0.2, 0.25) is 0 Å². The van der Waals surface area contributed by atoms with Gasteiger partial charge in [-0.05, 0) is 100 Å². The maximum Gasteiger partial charge on any atom is 0.0607 e. The SMILES string of the molecule is CN(CC[C@H]1Cc2c(cccc2N[C@H]2CC[C@H](N)CC2)CN1)[C@H]1CCCc2cccnc21. The molecule has 1 aliphatic heterocycles. The Morgan fingerprint density at radius 3 is 2.81 bits per heavy atom. The van der Waals surface area contributed by atoms with E-state index in [0.717, 1.165) is 32.4 Å². The van der Waals surface area contributed by atoms with Crippen LogP contribution in [0, 0.1) is 0 Å². The number of nitrogens with zero attached hydrogens (tertiary/aromatic N) is 2. The Kier molecular flexibility index (Phi) is 6.77. The zero-order valence-electron chi connectivity index (χ0n) is 19.5. The van der Waals surface area contributed by atoms with Crippen molar-refractivity contribution >= 4 is 5.69 Å². The molecule has 3 aliphatic rings. The monoisotopic (exact) mass is 433 g/mol. The molecule has 32 heavy (non-hydrogen) atoms. The second-order valence-corrected chi connectivity index (χ2v) is 10.2. The fourth-order valence-corrected chi connectivity index (χ4v) is 5.97. The Morgan fingerprint density at radius 2 is 1.94 bits per heavy atom. The predicted molar refractivity (Wildman–Crippen MR) is 132 cm³/mol. The van der Waals surface area contributed by atoms with Crippen molar-refractivity contribution in [3.63, 3.8) is 0 Å². The van der Waals surface area contributed by atoms with E-state index in [1.807, 2.05) is 6.20 Å². The van der Waals surface area contributed by atoms with Gasteiger partial charge in [-0.1, -0.05) is 18.2 Å². The summed E-state index contributed by atoms with van der Waals surface area (Å²) in [6, 6.07) is 13.1. The maximum absolute atomic E-state index is 6.11. The van der Waals surface area contributed by atoms with Gasteiger partial charge < -0.3 is 16.4 Å². The first kappa shape index (κ1) is 21.9. The van der Waals surface area contributed by atoms with Crippen LogP contribution in [0.5, 0.6) is 0 Å². The standard InChI is InChI=1S/C27H39N5/c1-32(26-9-3-5-19-7-4-15-29-27(19)26)16-14-23-17-24-20(18-30-23)6-2-8-25(24)31-22-12-10-21(28)11-13-22/h2,4,6-8,15,21-23,26,30-31H,3,5,9-14,16-18,28H2,1H3/t21-,22-,23-,26-/m0/s1. The van der Waals surface area contributed by atoms with Crippen LogP contribution in [0.25, 0.3) is 0 Å². The van der Waals surface area contributed by atoms with Crippen molar-refractivity contribution in [2.24, 2.45) is 5.73 Å².